The van der Waals surface area contributed by atoms with E-state index in [0.29, 0.717) is 26.1 Å². The van der Waals surface area contributed by atoms with Crippen molar-refractivity contribution in [2.45, 2.75) is 56.5 Å². The van der Waals surface area contributed by atoms with E-state index in [4.69, 9.17) is 14.6 Å². The van der Waals surface area contributed by atoms with Crippen LogP contribution in [-0.2, 0) is 19.1 Å². The molecule has 35 heavy (non-hydrogen) atoms. The molecule has 0 spiro atoms. The summed E-state index contributed by atoms with van der Waals surface area (Å²) in [4.78, 5) is 36.8. The largest absolute Gasteiger partial charge is 0.481 e. The molecule has 2 aliphatic rings. The molecule has 1 heterocycles. The molecule has 8 nitrogen and oxygen atoms in total. The van der Waals surface area contributed by atoms with Crippen LogP contribution >= 0.6 is 0 Å². The molecule has 0 radical (unpaired) electrons. The first-order valence-corrected chi connectivity index (χ1v) is 11.9. The number of ether oxygens (including phenoxy) is 2. The fourth-order valence-corrected chi connectivity index (χ4v) is 5.11. The Labute approximate surface area is 205 Å². The zero-order chi connectivity index (χ0) is 25.1. The Bertz CT molecular complexity index is 1060. The number of nitrogens with one attached hydrogen (secondary N) is 2. The fraction of sp³-hybridized carbons (Fsp3) is 0.444. The van der Waals surface area contributed by atoms with Crippen LogP contribution in [0.5, 0.6) is 0 Å². The molecule has 2 amide bonds. The number of rotatable bonds is 8. The first kappa shape index (κ1) is 24.7. The molecule has 1 aliphatic heterocycles. The minimum Gasteiger partial charge on any atom is -0.481 e. The fourth-order valence-electron chi connectivity index (χ4n) is 5.11. The van der Waals surface area contributed by atoms with E-state index in [0.717, 1.165) is 22.3 Å². The Morgan fingerprint density at radius 2 is 1.60 bits per heavy atom. The summed E-state index contributed by atoms with van der Waals surface area (Å²) in [5, 5.41) is 14.8. The van der Waals surface area contributed by atoms with Gasteiger partial charge in [0, 0.05) is 31.1 Å². The van der Waals surface area contributed by atoms with Gasteiger partial charge in [-0.15, -0.1) is 0 Å². The number of carbonyl (C=O) groups is 3. The van der Waals surface area contributed by atoms with Crippen molar-refractivity contribution in [1.29, 1.82) is 0 Å². The number of aliphatic carboxylic acids is 1. The van der Waals surface area contributed by atoms with Crippen LogP contribution in [0.15, 0.2) is 48.5 Å². The molecule has 3 N–H and O–H groups in total. The zero-order valence-electron chi connectivity index (χ0n) is 20.1. The first-order valence-electron chi connectivity index (χ1n) is 11.9. The van der Waals surface area contributed by atoms with E-state index in [1.54, 1.807) is 13.8 Å². The molecule has 0 bridgehead atoms. The number of carboxylic acids is 1. The highest BCUT2D eigenvalue weighted by molar-refractivity contribution is 5.81. The Morgan fingerprint density at radius 1 is 1.03 bits per heavy atom. The van der Waals surface area contributed by atoms with Crippen LogP contribution in [0.4, 0.5) is 4.79 Å². The number of carbonyl (C=O) groups excluding carboxylic acids is 2. The summed E-state index contributed by atoms with van der Waals surface area (Å²) in [6.45, 7) is 4.33. The topological polar surface area (TPSA) is 114 Å². The highest BCUT2D eigenvalue weighted by Gasteiger charge is 2.39. The highest BCUT2D eigenvalue weighted by Crippen LogP contribution is 2.44. The van der Waals surface area contributed by atoms with Crippen molar-refractivity contribution in [2.75, 3.05) is 19.8 Å². The van der Waals surface area contributed by atoms with Crippen molar-refractivity contribution in [3.63, 3.8) is 0 Å². The van der Waals surface area contributed by atoms with Gasteiger partial charge in [-0.25, -0.2) is 4.79 Å². The maximum Gasteiger partial charge on any atom is 0.407 e. The second-order valence-corrected chi connectivity index (χ2v) is 10.0. The number of alkyl carbamates (subject to hydrolysis) is 1. The summed E-state index contributed by atoms with van der Waals surface area (Å²) < 4.78 is 11.2. The summed E-state index contributed by atoms with van der Waals surface area (Å²) >= 11 is 0. The standard InChI is InChI=1S/C27H32N2O6/c1-26(2,16-24(31)32)28-23(30)15-27(11-13-34-14-12-27)29-25(33)35-17-22-20-9-5-3-7-18(20)19-8-4-6-10-21(19)22/h3-10,22H,11-17H2,1-2H3,(H,28,30)(H,29,33)(H,31,32). The maximum atomic E-state index is 12.9. The van der Waals surface area contributed by atoms with Gasteiger partial charge >= 0.3 is 12.1 Å². The number of amides is 2. The van der Waals surface area contributed by atoms with Crippen LogP contribution in [-0.4, -0.2) is 54.0 Å². The molecule has 2 aromatic carbocycles. The summed E-state index contributed by atoms with van der Waals surface area (Å²) in [6.07, 6.45) is 0.165. The molecule has 0 aromatic heterocycles. The van der Waals surface area contributed by atoms with Gasteiger partial charge in [0.2, 0.25) is 5.91 Å². The maximum absolute atomic E-state index is 12.9. The van der Waals surface area contributed by atoms with Gasteiger partial charge < -0.3 is 25.2 Å². The molecule has 1 saturated heterocycles. The van der Waals surface area contributed by atoms with E-state index >= 15 is 0 Å². The zero-order valence-corrected chi connectivity index (χ0v) is 20.1. The summed E-state index contributed by atoms with van der Waals surface area (Å²) in [5.41, 5.74) is 2.84. The van der Waals surface area contributed by atoms with Crippen molar-refractivity contribution in [2.24, 2.45) is 0 Å². The predicted molar refractivity (Wildman–Crippen MR) is 130 cm³/mol. The lowest BCUT2D eigenvalue weighted by molar-refractivity contribution is -0.138. The minimum atomic E-state index is -0.993. The average molecular weight is 481 g/mol. The molecule has 0 atom stereocenters. The van der Waals surface area contributed by atoms with Crippen molar-refractivity contribution >= 4 is 18.0 Å². The molecule has 2 aromatic rings. The predicted octanol–water partition coefficient (Wildman–Crippen LogP) is 3.83. The van der Waals surface area contributed by atoms with E-state index in [2.05, 4.69) is 34.9 Å². The molecule has 1 fully saturated rings. The van der Waals surface area contributed by atoms with Crippen LogP contribution < -0.4 is 10.6 Å². The highest BCUT2D eigenvalue weighted by atomic mass is 16.5. The SMILES string of the molecule is CC(C)(CC(=O)O)NC(=O)CC1(NC(=O)OCC2c3ccccc3-c3ccccc32)CCOCC1. The van der Waals surface area contributed by atoms with Gasteiger partial charge in [0.15, 0.2) is 0 Å². The van der Waals surface area contributed by atoms with E-state index < -0.39 is 23.1 Å². The quantitative estimate of drug-likeness (QED) is 0.529. The van der Waals surface area contributed by atoms with Gasteiger partial charge in [0.1, 0.15) is 6.61 Å². The van der Waals surface area contributed by atoms with Crippen LogP contribution in [0, 0.1) is 0 Å². The summed E-state index contributed by atoms with van der Waals surface area (Å²) in [7, 11) is 0. The summed E-state index contributed by atoms with van der Waals surface area (Å²) in [6, 6.07) is 16.3. The Morgan fingerprint density at radius 3 is 2.17 bits per heavy atom. The van der Waals surface area contributed by atoms with Gasteiger partial charge in [0.25, 0.3) is 0 Å². The lowest BCUT2D eigenvalue weighted by atomic mass is 9.86. The summed E-state index contributed by atoms with van der Waals surface area (Å²) in [5.74, 6) is -1.37. The Balaban J connectivity index is 1.41. The van der Waals surface area contributed by atoms with Gasteiger partial charge in [-0.05, 0) is 48.9 Å². The molecule has 186 valence electrons. The Kier molecular flexibility index (Phi) is 7.12. The first-order chi connectivity index (χ1) is 16.7. The van der Waals surface area contributed by atoms with Crippen molar-refractivity contribution in [3.8, 4) is 11.1 Å². The minimum absolute atomic E-state index is 0.0175. The van der Waals surface area contributed by atoms with Crippen LogP contribution in [0.2, 0.25) is 0 Å². The lowest BCUT2D eigenvalue weighted by Gasteiger charge is -2.38. The smallest absolute Gasteiger partial charge is 0.407 e. The van der Waals surface area contributed by atoms with Crippen molar-refractivity contribution in [3.05, 3.63) is 59.7 Å². The molecule has 0 saturated carbocycles. The molecule has 4 rings (SSSR count). The van der Waals surface area contributed by atoms with Crippen molar-refractivity contribution in [1.82, 2.24) is 10.6 Å². The van der Waals surface area contributed by atoms with Crippen molar-refractivity contribution < 1.29 is 29.0 Å². The van der Waals surface area contributed by atoms with Crippen LogP contribution in [0.25, 0.3) is 11.1 Å². The molecular formula is C27H32N2O6. The molecular weight excluding hydrogens is 448 g/mol. The number of hydrogen-bond acceptors (Lipinski definition) is 5. The van der Waals surface area contributed by atoms with Gasteiger partial charge in [-0.1, -0.05) is 48.5 Å². The second kappa shape index (κ2) is 10.1. The van der Waals surface area contributed by atoms with E-state index in [9.17, 15) is 14.4 Å². The molecule has 1 aliphatic carbocycles. The number of hydrogen-bond donors (Lipinski definition) is 3. The average Bonchev–Trinajstić information content (AvgIpc) is 3.10. The van der Waals surface area contributed by atoms with E-state index in [-0.39, 0.29) is 31.3 Å². The third kappa shape index (κ3) is 5.82. The van der Waals surface area contributed by atoms with Gasteiger partial charge in [-0.2, -0.15) is 0 Å². The molecule has 0 unspecified atom stereocenters. The monoisotopic (exact) mass is 480 g/mol. The Hall–Kier alpha value is -3.39. The van der Waals surface area contributed by atoms with E-state index in [1.165, 1.54) is 0 Å². The van der Waals surface area contributed by atoms with Crippen LogP contribution in [0.1, 0.15) is 56.6 Å². The number of benzene rings is 2. The van der Waals surface area contributed by atoms with Gasteiger partial charge in [0.05, 0.1) is 12.0 Å². The number of fused-ring (bicyclic) bond motifs is 3. The number of carboxylic acid groups (broad SMARTS) is 1. The normalized spacial score (nSPS) is 16.6. The van der Waals surface area contributed by atoms with Gasteiger partial charge in [-0.3, -0.25) is 9.59 Å². The molecule has 8 heteroatoms. The third-order valence-electron chi connectivity index (χ3n) is 6.73. The lowest BCUT2D eigenvalue weighted by Crippen LogP contribution is -2.56. The third-order valence-corrected chi connectivity index (χ3v) is 6.73. The van der Waals surface area contributed by atoms with E-state index in [1.807, 2.05) is 24.3 Å². The second-order valence-electron chi connectivity index (χ2n) is 10.0. The van der Waals surface area contributed by atoms with Crippen LogP contribution in [0.3, 0.4) is 0 Å².